The van der Waals surface area contributed by atoms with E-state index >= 15 is 0 Å². The third-order valence-corrected chi connectivity index (χ3v) is 6.20. The average Bonchev–Trinajstić information content (AvgIpc) is 3.11. The predicted molar refractivity (Wildman–Crippen MR) is 103 cm³/mol. The Hall–Kier alpha value is -1.39. The quantitative estimate of drug-likeness (QED) is 0.835. The predicted octanol–water partition coefficient (Wildman–Crippen LogP) is 2.59. The molecule has 2 aliphatic rings. The van der Waals surface area contributed by atoms with Crippen LogP contribution in [-0.2, 0) is 10.2 Å². The van der Waals surface area contributed by atoms with Crippen molar-refractivity contribution in [2.45, 2.75) is 50.9 Å². The second kappa shape index (κ2) is 8.33. The summed E-state index contributed by atoms with van der Waals surface area (Å²) in [5, 5.41) is 3.32. The first kappa shape index (κ1) is 18.4. The molecule has 0 bridgehead atoms. The van der Waals surface area contributed by atoms with Gasteiger partial charge in [0.15, 0.2) is 0 Å². The summed E-state index contributed by atoms with van der Waals surface area (Å²) in [6.07, 6.45) is 6.83. The van der Waals surface area contributed by atoms with Crippen LogP contribution >= 0.6 is 0 Å². The molecule has 4 nitrogen and oxygen atoms in total. The molecule has 3 rings (SSSR count). The molecule has 0 atom stereocenters. The van der Waals surface area contributed by atoms with E-state index in [1.165, 1.54) is 36.8 Å². The third-order valence-electron chi connectivity index (χ3n) is 6.20. The van der Waals surface area contributed by atoms with Crippen LogP contribution in [0.4, 0.5) is 0 Å². The van der Waals surface area contributed by atoms with Crippen LogP contribution in [0.2, 0.25) is 0 Å². The van der Waals surface area contributed by atoms with E-state index in [2.05, 4.69) is 41.4 Å². The monoisotopic (exact) mass is 343 g/mol. The number of nitrogens with one attached hydrogen (secondary N) is 1. The maximum absolute atomic E-state index is 12.7. The summed E-state index contributed by atoms with van der Waals surface area (Å²) in [6, 6.07) is 8.86. The van der Waals surface area contributed by atoms with Crippen LogP contribution in [0.15, 0.2) is 24.3 Å². The van der Waals surface area contributed by atoms with Gasteiger partial charge >= 0.3 is 0 Å². The highest BCUT2D eigenvalue weighted by Gasteiger charge is 2.36. The number of carbonyl (C=O) groups excluding carboxylic acids is 1. The van der Waals surface area contributed by atoms with Crippen LogP contribution in [0.5, 0.6) is 0 Å². The molecular weight excluding hydrogens is 310 g/mol. The summed E-state index contributed by atoms with van der Waals surface area (Å²) in [5.41, 5.74) is 8.49. The number of piperidine rings is 1. The lowest BCUT2D eigenvalue weighted by Gasteiger charge is -2.33. The number of hydrogen-bond donors (Lipinski definition) is 2. The highest BCUT2D eigenvalue weighted by atomic mass is 16.1. The van der Waals surface area contributed by atoms with Gasteiger partial charge in [0, 0.05) is 31.0 Å². The molecule has 1 aliphatic heterocycles. The minimum Gasteiger partial charge on any atom is -0.355 e. The van der Waals surface area contributed by atoms with E-state index in [-0.39, 0.29) is 17.2 Å². The number of rotatable bonds is 6. The van der Waals surface area contributed by atoms with Crippen LogP contribution in [0.1, 0.15) is 49.7 Å². The topological polar surface area (TPSA) is 58.4 Å². The molecule has 0 aromatic heterocycles. The van der Waals surface area contributed by atoms with Gasteiger partial charge in [-0.05, 0) is 51.3 Å². The van der Waals surface area contributed by atoms with Crippen molar-refractivity contribution in [3.8, 4) is 0 Å². The van der Waals surface area contributed by atoms with Gasteiger partial charge in [-0.25, -0.2) is 0 Å². The van der Waals surface area contributed by atoms with Gasteiger partial charge in [-0.2, -0.15) is 0 Å². The Bertz CT molecular complexity index is 572. The van der Waals surface area contributed by atoms with Crippen LogP contribution < -0.4 is 11.1 Å². The summed E-state index contributed by atoms with van der Waals surface area (Å²) in [4.78, 5) is 15.1. The molecule has 1 aliphatic carbocycles. The van der Waals surface area contributed by atoms with Gasteiger partial charge in [-0.3, -0.25) is 4.79 Å². The Labute approximate surface area is 152 Å². The Balaban J connectivity index is 1.58. The van der Waals surface area contributed by atoms with Crippen LogP contribution in [0.25, 0.3) is 0 Å². The number of likely N-dealkylation sites (tertiary alicyclic amines) is 1. The molecular formula is C21H33N3O. The van der Waals surface area contributed by atoms with Crippen LogP contribution in [-0.4, -0.2) is 43.5 Å². The minimum absolute atomic E-state index is 0.141. The van der Waals surface area contributed by atoms with Gasteiger partial charge < -0.3 is 16.0 Å². The first-order chi connectivity index (χ1) is 12.1. The van der Waals surface area contributed by atoms with E-state index < -0.39 is 0 Å². The van der Waals surface area contributed by atoms with Crippen molar-refractivity contribution in [3.63, 3.8) is 0 Å². The molecule has 1 amide bonds. The fourth-order valence-corrected chi connectivity index (χ4v) is 4.60. The molecule has 1 aromatic rings. The largest absolute Gasteiger partial charge is 0.355 e. The zero-order chi connectivity index (χ0) is 17.7. The first-order valence-electron chi connectivity index (χ1n) is 9.90. The fourth-order valence-electron chi connectivity index (χ4n) is 4.60. The van der Waals surface area contributed by atoms with Gasteiger partial charge in [0.05, 0.1) is 0 Å². The van der Waals surface area contributed by atoms with Gasteiger partial charge in [0.25, 0.3) is 0 Å². The van der Waals surface area contributed by atoms with E-state index in [4.69, 9.17) is 5.73 Å². The maximum atomic E-state index is 12.7. The van der Waals surface area contributed by atoms with Crippen LogP contribution in [0, 0.1) is 12.8 Å². The number of hydrogen-bond acceptors (Lipinski definition) is 3. The Morgan fingerprint density at radius 2 is 2.00 bits per heavy atom. The lowest BCUT2D eigenvalue weighted by atomic mass is 9.78. The second-order valence-corrected chi connectivity index (χ2v) is 7.98. The zero-order valence-corrected chi connectivity index (χ0v) is 15.6. The number of nitrogens with two attached hydrogens (primary N) is 1. The SMILES string of the molecule is Cc1cccc(C2(CNC(=O)C3CCN(CCN)CC3)CCCC2)c1. The molecule has 1 aromatic carbocycles. The molecule has 0 spiro atoms. The van der Waals surface area contributed by atoms with Crippen molar-refractivity contribution < 1.29 is 4.79 Å². The summed E-state index contributed by atoms with van der Waals surface area (Å²) in [5.74, 6) is 0.427. The molecule has 0 radical (unpaired) electrons. The van der Waals surface area contributed by atoms with E-state index in [1.807, 2.05) is 0 Å². The summed E-state index contributed by atoms with van der Waals surface area (Å²) < 4.78 is 0. The second-order valence-electron chi connectivity index (χ2n) is 7.98. The standard InChI is InChI=1S/C21H33N3O/c1-17-5-4-6-19(15-17)21(9-2-3-10-21)16-23-20(25)18-7-12-24(13-8-18)14-11-22/h4-6,15,18H,2-3,7-14,16,22H2,1H3,(H,23,25). The smallest absolute Gasteiger partial charge is 0.223 e. The Morgan fingerprint density at radius 3 is 2.64 bits per heavy atom. The van der Waals surface area contributed by atoms with Crippen molar-refractivity contribution in [1.29, 1.82) is 0 Å². The molecule has 2 fully saturated rings. The molecule has 138 valence electrons. The Morgan fingerprint density at radius 1 is 1.28 bits per heavy atom. The number of nitrogens with zero attached hydrogens (tertiary/aromatic N) is 1. The molecule has 1 saturated carbocycles. The molecule has 1 saturated heterocycles. The normalized spacial score (nSPS) is 21.4. The molecule has 1 heterocycles. The Kier molecular flexibility index (Phi) is 6.13. The van der Waals surface area contributed by atoms with E-state index in [0.29, 0.717) is 6.54 Å². The van der Waals surface area contributed by atoms with Crippen molar-refractivity contribution in [2.75, 3.05) is 32.7 Å². The molecule has 3 N–H and O–H groups in total. The van der Waals surface area contributed by atoms with E-state index in [0.717, 1.165) is 39.0 Å². The fraction of sp³-hybridized carbons (Fsp3) is 0.667. The number of amides is 1. The number of benzene rings is 1. The highest BCUT2D eigenvalue weighted by Crippen LogP contribution is 2.41. The highest BCUT2D eigenvalue weighted by molar-refractivity contribution is 5.78. The van der Waals surface area contributed by atoms with Gasteiger partial charge in [-0.1, -0.05) is 42.7 Å². The van der Waals surface area contributed by atoms with Crippen molar-refractivity contribution in [3.05, 3.63) is 35.4 Å². The summed E-state index contributed by atoms with van der Waals surface area (Å²) in [7, 11) is 0. The molecule has 0 unspecified atom stereocenters. The summed E-state index contributed by atoms with van der Waals surface area (Å²) in [6.45, 7) is 6.59. The third kappa shape index (κ3) is 4.42. The number of aryl methyl sites for hydroxylation is 1. The maximum Gasteiger partial charge on any atom is 0.223 e. The molecule has 25 heavy (non-hydrogen) atoms. The van der Waals surface area contributed by atoms with Crippen LogP contribution in [0.3, 0.4) is 0 Å². The minimum atomic E-state index is 0.141. The van der Waals surface area contributed by atoms with Crippen molar-refractivity contribution in [1.82, 2.24) is 10.2 Å². The molecule has 4 heteroatoms. The van der Waals surface area contributed by atoms with Gasteiger partial charge in [0.2, 0.25) is 5.91 Å². The van der Waals surface area contributed by atoms with E-state index in [1.54, 1.807) is 0 Å². The number of carbonyl (C=O) groups is 1. The lowest BCUT2D eigenvalue weighted by molar-refractivity contribution is -0.126. The van der Waals surface area contributed by atoms with Crippen molar-refractivity contribution in [2.24, 2.45) is 11.7 Å². The van der Waals surface area contributed by atoms with Gasteiger partial charge in [0.1, 0.15) is 0 Å². The van der Waals surface area contributed by atoms with Crippen molar-refractivity contribution >= 4 is 5.91 Å². The first-order valence-corrected chi connectivity index (χ1v) is 9.90. The zero-order valence-electron chi connectivity index (χ0n) is 15.6. The van der Waals surface area contributed by atoms with Gasteiger partial charge in [-0.15, -0.1) is 0 Å². The van der Waals surface area contributed by atoms with E-state index in [9.17, 15) is 4.79 Å². The lowest BCUT2D eigenvalue weighted by Crippen LogP contribution is -2.45. The summed E-state index contributed by atoms with van der Waals surface area (Å²) >= 11 is 0. The average molecular weight is 344 g/mol.